The van der Waals surface area contributed by atoms with Gasteiger partial charge in [0.25, 0.3) is 0 Å². The molecule has 0 saturated carbocycles. The molecule has 0 bridgehead atoms. The summed E-state index contributed by atoms with van der Waals surface area (Å²) in [5.74, 6) is -13.1. The second-order valence-corrected chi connectivity index (χ2v) is 6.27. The molecular weight excluding hydrogens is 429 g/mol. The second kappa shape index (κ2) is 9.36. The molecule has 3 nitrogen and oxygen atoms in total. The molecule has 0 amide bonds. The zero-order chi connectivity index (χ0) is 19.6. The Morgan fingerprint density at radius 2 is 1.28 bits per heavy atom. The average Bonchev–Trinajstić information content (AvgIpc) is 2.34. The van der Waals surface area contributed by atoms with Crippen molar-refractivity contribution >= 4 is 10.1 Å². The predicted molar refractivity (Wildman–Crippen MR) is 58.6 cm³/mol. The first kappa shape index (κ1) is 28.1. The van der Waals surface area contributed by atoms with Gasteiger partial charge >= 0.3 is 74.7 Å². The molecule has 0 heterocycles. The Bertz CT molecular complexity index is 520. The first-order valence-electron chi connectivity index (χ1n) is 6.17. The van der Waals surface area contributed by atoms with Crippen molar-refractivity contribution < 1.29 is 108 Å². The normalized spacial score (nSPS) is 15.6. The molecule has 1 atom stereocenters. The zero-order valence-corrected chi connectivity index (χ0v) is 16.5. The predicted octanol–water partition coefficient (Wildman–Crippen LogP) is 1.25. The van der Waals surface area contributed by atoms with Crippen LogP contribution in [-0.4, -0.2) is 42.4 Å². The van der Waals surface area contributed by atoms with Crippen LogP contribution >= 0.6 is 0 Å². The van der Waals surface area contributed by atoms with Gasteiger partial charge in [0.05, 0.1) is 0 Å². The maximum Gasteiger partial charge on any atom is 1.00 e. The summed E-state index contributed by atoms with van der Waals surface area (Å²) in [6.45, 7) is 0. The minimum atomic E-state index is -7.23. The van der Waals surface area contributed by atoms with E-state index in [-0.39, 0.29) is 51.4 Å². The third-order valence-corrected chi connectivity index (χ3v) is 3.79. The van der Waals surface area contributed by atoms with Gasteiger partial charge in [-0.1, -0.05) is 12.8 Å². The van der Waals surface area contributed by atoms with Crippen LogP contribution in [0.1, 0.15) is 32.1 Å². The molecule has 0 aliphatic rings. The van der Waals surface area contributed by atoms with Gasteiger partial charge in [0.15, 0.2) is 16.3 Å². The van der Waals surface area contributed by atoms with Crippen LogP contribution in [0, 0.1) is 0 Å². The maximum atomic E-state index is 13.2. The van der Waals surface area contributed by atoms with Gasteiger partial charge in [0.2, 0.25) is 0 Å². The van der Waals surface area contributed by atoms with E-state index in [2.05, 4.69) is 0 Å². The summed E-state index contributed by atoms with van der Waals surface area (Å²) in [6.07, 6.45) is -13.4. The van der Waals surface area contributed by atoms with E-state index in [1.807, 2.05) is 0 Å². The number of hydrogen-bond donors (Lipinski definition) is 0. The number of halogens is 10. The number of alkyl halides is 10. The van der Waals surface area contributed by atoms with Crippen LogP contribution in [0.3, 0.4) is 0 Å². The van der Waals surface area contributed by atoms with E-state index in [9.17, 15) is 56.9 Å². The molecule has 0 saturated heterocycles. The fraction of sp³-hybridized carbons (Fsp3) is 1.00. The van der Waals surface area contributed by atoms with E-state index >= 15 is 0 Å². The van der Waals surface area contributed by atoms with Crippen LogP contribution in [0.2, 0.25) is 0 Å². The largest absolute Gasteiger partial charge is 1.00 e. The molecule has 0 N–H and O–H groups in total. The maximum absolute atomic E-state index is 13.2. The van der Waals surface area contributed by atoms with Crippen LogP contribution in [0.15, 0.2) is 0 Å². The van der Waals surface area contributed by atoms with Crippen LogP contribution in [0.5, 0.6) is 0 Å². The molecule has 15 heteroatoms. The van der Waals surface area contributed by atoms with Crippen molar-refractivity contribution in [2.75, 3.05) is 0 Å². The quantitative estimate of drug-likeness (QED) is 0.235. The number of rotatable bonds is 9. The fourth-order valence-corrected chi connectivity index (χ4v) is 2.00. The third kappa shape index (κ3) is 7.06. The van der Waals surface area contributed by atoms with Crippen molar-refractivity contribution in [1.82, 2.24) is 0 Å². The first-order chi connectivity index (χ1) is 10.4. The molecule has 0 fully saturated rings. The molecule has 0 spiro atoms. The topological polar surface area (TPSA) is 57.2 Å². The van der Waals surface area contributed by atoms with Crippen molar-refractivity contribution in [2.24, 2.45) is 0 Å². The Morgan fingerprint density at radius 3 is 1.64 bits per heavy atom. The molecule has 0 aromatic carbocycles. The van der Waals surface area contributed by atoms with Crippen molar-refractivity contribution in [3.05, 3.63) is 0 Å². The Morgan fingerprint density at radius 1 is 0.840 bits per heavy atom. The smallest absolute Gasteiger partial charge is 0.743 e. The van der Waals surface area contributed by atoms with Gasteiger partial charge in [-0.25, -0.2) is 12.8 Å². The van der Waals surface area contributed by atoms with E-state index in [1.54, 1.807) is 0 Å². The molecule has 1 unspecified atom stereocenters. The molecule has 25 heavy (non-hydrogen) atoms. The van der Waals surface area contributed by atoms with E-state index in [4.69, 9.17) is 0 Å². The summed E-state index contributed by atoms with van der Waals surface area (Å²) in [5, 5.41) is -6.77. The SMILES string of the molecule is O=S(=O)([O-])C(F)(F)C(F)(F)C(F)(F)C(F)CCCCCC(F)(F)F.[K+]. The van der Waals surface area contributed by atoms with Crippen LogP contribution in [-0.2, 0) is 10.1 Å². The molecule has 0 aromatic rings. The minimum absolute atomic E-state index is 0. The Hall–Kier alpha value is 0.846. The molecule has 146 valence electrons. The monoisotopic (exact) mass is 440 g/mol. The van der Waals surface area contributed by atoms with Crippen LogP contribution < -0.4 is 51.4 Å². The van der Waals surface area contributed by atoms with Gasteiger partial charge < -0.3 is 4.55 Å². The molecule has 0 aliphatic heterocycles. The Kier molecular flexibility index (Phi) is 10.5. The summed E-state index contributed by atoms with van der Waals surface area (Å²) < 4.78 is 156. The van der Waals surface area contributed by atoms with Gasteiger partial charge in [0.1, 0.15) is 0 Å². The van der Waals surface area contributed by atoms with Crippen molar-refractivity contribution in [3.8, 4) is 0 Å². The fourth-order valence-electron chi connectivity index (χ4n) is 1.55. The van der Waals surface area contributed by atoms with Gasteiger partial charge in [-0.05, 0) is 12.8 Å². The van der Waals surface area contributed by atoms with E-state index < -0.39 is 71.7 Å². The molecule has 0 rings (SSSR count). The van der Waals surface area contributed by atoms with Crippen molar-refractivity contribution in [1.29, 1.82) is 0 Å². The van der Waals surface area contributed by atoms with E-state index in [0.717, 1.165) is 0 Å². The molecule has 0 radical (unpaired) electrons. The molecular formula is C10H11F10KO3S. The van der Waals surface area contributed by atoms with Gasteiger partial charge in [-0.2, -0.15) is 39.5 Å². The first-order valence-corrected chi connectivity index (χ1v) is 7.58. The summed E-state index contributed by atoms with van der Waals surface area (Å²) in [6, 6.07) is 0. The van der Waals surface area contributed by atoms with Gasteiger partial charge in [0, 0.05) is 6.42 Å². The van der Waals surface area contributed by atoms with Crippen molar-refractivity contribution in [2.45, 2.75) is 61.6 Å². The van der Waals surface area contributed by atoms with Gasteiger partial charge in [-0.3, -0.25) is 0 Å². The van der Waals surface area contributed by atoms with E-state index in [0.29, 0.717) is 0 Å². The number of unbranched alkanes of at least 4 members (excludes halogenated alkanes) is 2. The van der Waals surface area contributed by atoms with Crippen LogP contribution in [0.4, 0.5) is 43.9 Å². The molecule has 0 aromatic heterocycles. The Labute approximate surface area is 178 Å². The Balaban J connectivity index is 0. The standard InChI is InChI=1S/C10H12F10O3S.K/c11-6(4-2-1-3-5-7(12,13)14)8(15,16)9(17,18)10(19,20)24(21,22)23;/h6H,1-5H2,(H,21,22,23);/q;+1/p-1. The van der Waals surface area contributed by atoms with Gasteiger partial charge in [-0.15, -0.1) is 0 Å². The minimum Gasteiger partial charge on any atom is -0.743 e. The van der Waals surface area contributed by atoms with Crippen molar-refractivity contribution in [3.63, 3.8) is 0 Å². The number of hydrogen-bond acceptors (Lipinski definition) is 3. The summed E-state index contributed by atoms with van der Waals surface area (Å²) in [5.41, 5.74) is 0. The van der Waals surface area contributed by atoms with Crippen LogP contribution in [0.25, 0.3) is 0 Å². The zero-order valence-electron chi connectivity index (χ0n) is 12.5. The second-order valence-electron chi connectivity index (χ2n) is 4.85. The van der Waals surface area contributed by atoms with E-state index in [1.165, 1.54) is 0 Å². The summed E-state index contributed by atoms with van der Waals surface area (Å²) in [4.78, 5) is 0. The molecule has 0 aliphatic carbocycles. The third-order valence-electron chi connectivity index (χ3n) is 2.91. The summed E-state index contributed by atoms with van der Waals surface area (Å²) >= 11 is 0. The summed E-state index contributed by atoms with van der Waals surface area (Å²) in [7, 11) is -7.23. The average molecular weight is 440 g/mol.